The third kappa shape index (κ3) is 3.14. The summed E-state index contributed by atoms with van der Waals surface area (Å²) in [4.78, 5) is 14.9. The molecule has 1 aromatic heterocycles. The van der Waals surface area contributed by atoms with E-state index in [0.29, 0.717) is 5.03 Å². The second-order valence-electron chi connectivity index (χ2n) is 2.56. The Bertz CT molecular complexity index is 350. The molecule has 1 N–H and O–H groups in total. The standard InChI is InChI=1S/C9H8ClFN2O/c1-6(10)4-13-9(14)8-3-2-7(11)5-12-8/h2-3,5H,1,4H2,(H,13,14). The van der Waals surface area contributed by atoms with Crippen LogP contribution in [0.2, 0.25) is 0 Å². The molecule has 0 saturated heterocycles. The quantitative estimate of drug-likeness (QED) is 0.832. The van der Waals surface area contributed by atoms with Crippen LogP contribution < -0.4 is 5.32 Å². The summed E-state index contributed by atoms with van der Waals surface area (Å²) in [6.07, 6.45) is 0.977. The third-order valence-electron chi connectivity index (χ3n) is 1.40. The summed E-state index contributed by atoms with van der Waals surface area (Å²) in [5.74, 6) is -0.893. The van der Waals surface area contributed by atoms with E-state index < -0.39 is 11.7 Å². The summed E-state index contributed by atoms with van der Waals surface area (Å²) >= 11 is 5.44. The predicted molar refractivity (Wildman–Crippen MR) is 51.5 cm³/mol. The Morgan fingerprint density at radius 2 is 2.36 bits per heavy atom. The summed E-state index contributed by atoms with van der Waals surface area (Å²) < 4.78 is 12.4. The van der Waals surface area contributed by atoms with Gasteiger partial charge in [-0.3, -0.25) is 4.79 Å². The number of halogens is 2. The third-order valence-corrected chi connectivity index (χ3v) is 1.53. The summed E-state index contributed by atoms with van der Waals surface area (Å²) in [6, 6.07) is 2.46. The number of amides is 1. The second-order valence-corrected chi connectivity index (χ2v) is 3.10. The Labute approximate surface area is 85.6 Å². The molecule has 0 saturated carbocycles. The van der Waals surface area contributed by atoms with Gasteiger partial charge >= 0.3 is 0 Å². The van der Waals surface area contributed by atoms with Crippen LogP contribution in [-0.4, -0.2) is 17.4 Å². The molecule has 5 heteroatoms. The van der Waals surface area contributed by atoms with Crippen molar-refractivity contribution in [3.8, 4) is 0 Å². The van der Waals surface area contributed by atoms with Crippen LogP contribution in [-0.2, 0) is 0 Å². The summed E-state index contributed by atoms with van der Waals surface area (Å²) in [5.41, 5.74) is 0.143. The summed E-state index contributed by atoms with van der Waals surface area (Å²) in [7, 11) is 0. The van der Waals surface area contributed by atoms with Crippen molar-refractivity contribution >= 4 is 17.5 Å². The van der Waals surface area contributed by atoms with Crippen LogP contribution in [0.5, 0.6) is 0 Å². The second kappa shape index (κ2) is 4.72. The van der Waals surface area contributed by atoms with Crippen LogP contribution in [0.1, 0.15) is 10.5 Å². The van der Waals surface area contributed by atoms with Crippen molar-refractivity contribution in [3.05, 3.63) is 41.5 Å². The molecule has 0 atom stereocenters. The van der Waals surface area contributed by atoms with Crippen LogP contribution in [0.25, 0.3) is 0 Å². The first-order valence-electron chi connectivity index (χ1n) is 3.82. The van der Waals surface area contributed by atoms with Crippen LogP contribution in [0.3, 0.4) is 0 Å². The minimum Gasteiger partial charge on any atom is -0.346 e. The molecular weight excluding hydrogens is 207 g/mol. The highest BCUT2D eigenvalue weighted by atomic mass is 35.5. The smallest absolute Gasteiger partial charge is 0.270 e. The van der Waals surface area contributed by atoms with E-state index >= 15 is 0 Å². The van der Waals surface area contributed by atoms with Gasteiger partial charge < -0.3 is 5.32 Å². The zero-order valence-corrected chi connectivity index (χ0v) is 8.01. The zero-order chi connectivity index (χ0) is 10.6. The fourth-order valence-corrected chi connectivity index (χ4v) is 0.844. The van der Waals surface area contributed by atoms with Crippen molar-refractivity contribution in [1.82, 2.24) is 10.3 Å². The lowest BCUT2D eigenvalue weighted by Gasteiger charge is -2.02. The maximum atomic E-state index is 12.4. The van der Waals surface area contributed by atoms with Gasteiger partial charge in [-0.1, -0.05) is 18.2 Å². The maximum absolute atomic E-state index is 12.4. The molecule has 0 aromatic carbocycles. The molecule has 1 aromatic rings. The van der Waals surface area contributed by atoms with E-state index in [-0.39, 0.29) is 12.2 Å². The van der Waals surface area contributed by atoms with Gasteiger partial charge in [0.2, 0.25) is 0 Å². The number of carbonyl (C=O) groups is 1. The van der Waals surface area contributed by atoms with Gasteiger partial charge in [-0.05, 0) is 12.1 Å². The number of hydrogen-bond donors (Lipinski definition) is 1. The fraction of sp³-hybridized carbons (Fsp3) is 0.111. The van der Waals surface area contributed by atoms with Crippen molar-refractivity contribution < 1.29 is 9.18 Å². The molecule has 1 amide bonds. The van der Waals surface area contributed by atoms with Gasteiger partial charge in [0.05, 0.1) is 12.7 Å². The number of pyridine rings is 1. The highest BCUT2D eigenvalue weighted by molar-refractivity contribution is 6.29. The van der Waals surface area contributed by atoms with Crippen molar-refractivity contribution in [2.75, 3.05) is 6.54 Å². The van der Waals surface area contributed by atoms with Crippen molar-refractivity contribution in [2.45, 2.75) is 0 Å². The van der Waals surface area contributed by atoms with Crippen molar-refractivity contribution in [2.24, 2.45) is 0 Å². The van der Waals surface area contributed by atoms with Crippen LogP contribution in [0, 0.1) is 5.82 Å². The lowest BCUT2D eigenvalue weighted by Crippen LogP contribution is -2.25. The number of hydrogen-bond acceptors (Lipinski definition) is 2. The monoisotopic (exact) mass is 214 g/mol. The van der Waals surface area contributed by atoms with Crippen molar-refractivity contribution in [1.29, 1.82) is 0 Å². The molecule has 0 aliphatic carbocycles. The molecule has 3 nitrogen and oxygen atoms in total. The van der Waals surface area contributed by atoms with Gasteiger partial charge in [0.1, 0.15) is 11.5 Å². The number of aromatic nitrogens is 1. The first kappa shape index (κ1) is 10.7. The van der Waals surface area contributed by atoms with Gasteiger partial charge in [0, 0.05) is 5.03 Å². The van der Waals surface area contributed by atoms with E-state index in [9.17, 15) is 9.18 Å². The van der Waals surface area contributed by atoms with E-state index in [1.165, 1.54) is 6.07 Å². The fourth-order valence-electron chi connectivity index (χ4n) is 0.777. The Morgan fingerprint density at radius 3 is 2.86 bits per heavy atom. The molecule has 0 bridgehead atoms. The first-order valence-corrected chi connectivity index (χ1v) is 4.20. The number of carbonyl (C=O) groups excluding carboxylic acids is 1. The summed E-state index contributed by atoms with van der Waals surface area (Å²) in [5, 5.41) is 2.78. The average molecular weight is 215 g/mol. The molecule has 74 valence electrons. The summed E-state index contributed by atoms with van der Waals surface area (Å²) in [6.45, 7) is 3.57. The first-order chi connectivity index (χ1) is 6.59. The Kier molecular flexibility index (Phi) is 3.59. The lowest BCUT2D eigenvalue weighted by molar-refractivity contribution is 0.0952. The predicted octanol–water partition coefficient (Wildman–Crippen LogP) is 1.70. The molecule has 1 rings (SSSR count). The topological polar surface area (TPSA) is 42.0 Å². The molecule has 0 fully saturated rings. The molecule has 14 heavy (non-hydrogen) atoms. The minimum absolute atomic E-state index is 0.143. The molecule has 0 aliphatic heterocycles. The Balaban J connectivity index is 2.61. The van der Waals surface area contributed by atoms with E-state index in [0.717, 1.165) is 12.3 Å². The van der Waals surface area contributed by atoms with Crippen LogP contribution >= 0.6 is 11.6 Å². The highest BCUT2D eigenvalue weighted by Crippen LogP contribution is 1.99. The van der Waals surface area contributed by atoms with Gasteiger partial charge in [0.15, 0.2) is 0 Å². The number of rotatable bonds is 3. The van der Waals surface area contributed by atoms with Gasteiger partial charge in [-0.2, -0.15) is 0 Å². The lowest BCUT2D eigenvalue weighted by atomic mass is 10.3. The number of nitrogens with zero attached hydrogens (tertiary/aromatic N) is 1. The number of nitrogens with one attached hydrogen (secondary N) is 1. The minimum atomic E-state index is -0.483. The maximum Gasteiger partial charge on any atom is 0.270 e. The molecule has 0 radical (unpaired) electrons. The Morgan fingerprint density at radius 1 is 1.64 bits per heavy atom. The molecule has 0 unspecified atom stereocenters. The Hall–Kier alpha value is -1.42. The molecular formula is C9H8ClFN2O. The average Bonchev–Trinajstić information content (AvgIpc) is 2.15. The van der Waals surface area contributed by atoms with Gasteiger partial charge in [0.25, 0.3) is 5.91 Å². The molecule has 0 aliphatic rings. The van der Waals surface area contributed by atoms with Crippen molar-refractivity contribution in [3.63, 3.8) is 0 Å². The van der Waals surface area contributed by atoms with Gasteiger partial charge in [-0.25, -0.2) is 9.37 Å². The van der Waals surface area contributed by atoms with Crippen LogP contribution in [0.15, 0.2) is 29.9 Å². The van der Waals surface area contributed by atoms with E-state index in [1.807, 2.05) is 0 Å². The molecule has 1 heterocycles. The van der Waals surface area contributed by atoms with E-state index in [4.69, 9.17) is 11.6 Å². The van der Waals surface area contributed by atoms with E-state index in [2.05, 4.69) is 16.9 Å². The highest BCUT2D eigenvalue weighted by Gasteiger charge is 2.05. The normalized spacial score (nSPS) is 9.57. The SMILES string of the molecule is C=C(Cl)CNC(=O)c1ccc(F)cn1. The van der Waals surface area contributed by atoms with Crippen LogP contribution in [0.4, 0.5) is 4.39 Å². The van der Waals surface area contributed by atoms with Gasteiger partial charge in [-0.15, -0.1) is 0 Å². The largest absolute Gasteiger partial charge is 0.346 e. The zero-order valence-electron chi connectivity index (χ0n) is 7.26. The molecule has 0 spiro atoms. The van der Waals surface area contributed by atoms with E-state index in [1.54, 1.807) is 0 Å².